The Balaban J connectivity index is 1.97. The number of carbonyl (C=O) groups excluding carboxylic acids is 2. The number of benzene rings is 1. The van der Waals surface area contributed by atoms with Crippen molar-refractivity contribution in [2.45, 2.75) is 45.6 Å². The molecule has 1 fully saturated rings. The van der Waals surface area contributed by atoms with Crippen LogP contribution in [0.1, 0.15) is 38.7 Å². The third-order valence-electron chi connectivity index (χ3n) is 5.04. The minimum Gasteiger partial charge on any atom is -0.480 e. The maximum atomic E-state index is 12.6. The molecule has 1 aromatic carbocycles. The first-order valence-corrected chi connectivity index (χ1v) is 9.28. The van der Waals surface area contributed by atoms with Crippen molar-refractivity contribution in [3.8, 4) is 0 Å². The molecule has 1 aromatic rings. The van der Waals surface area contributed by atoms with Gasteiger partial charge in [-0.3, -0.25) is 9.59 Å². The number of rotatable bonds is 7. The number of hydrogen-bond donors (Lipinski definition) is 2. The maximum absolute atomic E-state index is 12.6. The van der Waals surface area contributed by atoms with Crippen molar-refractivity contribution >= 4 is 17.8 Å². The van der Waals surface area contributed by atoms with Gasteiger partial charge in [-0.2, -0.15) is 0 Å². The summed E-state index contributed by atoms with van der Waals surface area (Å²) in [5, 5.41) is 12.1. The fourth-order valence-electron chi connectivity index (χ4n) is 3.22. The van der Waals surface area contributed by atoms with Crippen LogP contribution in [0, 0.1) is 11.8 Å². The van der Waals surface area contributed by atoms with Crippen LogP contribution in [0.25, 0.3) is 0 Å². The van der Waals surface area contributed by atoms with Gasteiger partial charge in [0.25, 0.3) is 0 Å². The van der Waals surface area contributed by atoms with Crippen LogP contribution >= 0.6 is 0 Å². The maximum Gasteiger partial charge on any atom is 0.326 e. The van der Waals surface area contributed by atoms with E-state index in [9.17, 15) is 19.5 Å². The summed E-state index contributed by atoms with van der Waals surface area (Å²) in [6, 6.07) is 8.27. The van der Waals surface area contributed by atoms with Gasteiger partial charge in [-0.05, 0) is 24.8 Å². The van der Waals surface area contributed by atoms with Crippen molar-refractivity contribution in [3.05, 3.63) is 35.9 Å². The molecule has 2 unspecified atom stereocenters. The molecule has 0 bridgehead atoms. The zero-order valence-corrected chi connectivity index (χ0v) is 15.5. The summed E-state index contributed by atoms with van der Waals surface area (Å²) in [6.07, 6.45) is 2.44. The zero-order valence-electron chi connectivity index (χ0n) is 15.5. The first-order valence-electron chi connectivity index (χ1n) is 9.28. The largest absolute Gasteiger partial charge is 0.480 e. The molecule has 0 spiro atoms. The number of amides is 2. The molecule has 0 aromatic heterocycles. The fraction of sp³-hybridized carbons (Fsp3) is 0.550. The van der Waals surface area contributed by atoms with E-state index in [4.69, 9.17) is 0 Å². The van der Waals surface area contributed by atoms with Gasteiger partial charge in [0.15, 0.2) is 0 Å². The lowest BCUT2D eigenvalue weighted by Crippen LogP contribution is -2.50. The van der Waals surface area contributed by atoms with Crippen LogP contribution in [-0.4, -0.2) is 46.9 Å². The van der Waals surface area contributed by atoms with Crippen molar-refractivity contribution in [3.63, 3.8) is 0 Å². The Morgan fingerprint density at radius 2 is 1.96 bits per heavy atom. The van der Waals surface area contributed by atoms with E-state index in [0.29, 0.717) is 19.5 Å². The number of carbonyl (C=O) groups is 3. The van der Waals surface area contributed by atoms with Gasteiger partial charge < -0.3 is 15.3 Å². The average Bonchev–Trinajstić information content (AvgIpc) is 2.67. The van der Waals surface area contributed by atoms with Crippen LogP contribution in [0.15, 0.2) is 30.3 Å². The van der Waals surface area contributed by atoms with Gasteiger partial charge in [-0.25, -0.2) is 4.79 Å². The Morgan fingerprint density at radius 1 is 1.27 bits per heavy atom. The standard InChI is InChI=1S/C20H28N2O4/c1-3-14(2)19(24)22-11-7-10-16(13-22)18(23)21-17(20(25)26)12-15-8-5-4-6-9-15/h4-6,8-9,14,16-17H,3,7,10-13H2,1-2H3,(H,21,23)(H,25,26)/t14?,16?,17-/m0/s1. The van der Waals surface area contributed by atoms with Crippen molar-refractivity contribution in [2.75, 3.05) is 13.1 Å². The SMILES string of the molecule is CCC(C)C(=O)N1CCCC(C(=O)N[C@@H](Cc2ccccc2)C(=O)O)C1. The normalized spacial score (nSPS) is 19.5. The molecule has 142 valence electrons. The van der Waals surface area contributed by atoms with Gasteiger partial charge >= 0.3 is 5.97 Å². The van der Waals surface area contributed by atoms with Gasteiger partial charge in [-0.1, -0.05) is 44.2 Å². The predicted molar refractivity (Wildman–Crippen MR) is 98.5 cm³/mol. The van der Waals surface area contributed by atoms with E-state index < -0.39 is 12.0 Å². The minimum atomic E-state index is -1.05. The summed E-state index contributed by atoms with van der Waals surface area (Å²) >= 11 is 0. The van der Waals surface area contributed by atoms with Crippen LogP contribution in [-0.2, 0) is 20.8 Å². The number of nitrogens with zero attached hydrogens (tertiary/aromatic N) is 1. The molecule has 6 heteroatoms. The first kappa shape index (κ1) is 19.9. The highest BCUT2D eigenvalue weighted by molar-refractivity contribution is 5.86. The van der Waals surface area contributed by atoms with Gasteiger partial charge in [0.2, 0.25) is 11.8 Å². The van der Waals surface area contributed by atoms with E-state index >= 15 is 0 Å². The molecule has 1 heterocycles. The molecule has 0 radical (unpaired) electrons. The topological polar surface area (TPSA) is 86.7 Å². The number of aliphatic carboxylic acids is 1. The second kappa shape index (κ2) is 9.36. The molecule has 1 saturated heterocycles. The van der Waals surface area contributed by atoms with Crippen LogP contribution in [0.5, 0.6) is 0 Å². The second-order valence-corrected chi connectivity index (χ2v) is 7.02. The minimum absolute atomic E-state index is 0.0540. The molecular weight excluding hydrogens is 332 g/mol. The van der Waals surface area contributed by atoms with Crippen LogP contribution in [0.2, 0.25) is 0 Å². The van der Waals surface area contributed by atoms with E-state index in [1.807, 2.05) is 44.2 Å². The highest BCUT2D eigenvalue weighted by Crippen LogP contribution is 2.20. The Labute approximate surface area is 154 Å². The van der Waals surface area contributed by atoms with Crippen molar-refractivity contribution < 1.29 is 19.5 Å². The van der Waals surface area contributed by atoms with Gasteiger partial charge in [0.05, 0.1) is 5.92 Å². The highest BCUT2D eigenvalue weighted by atomic mass is 16.4. The number of piperidine rings is 1. The quantitative estimate of drug-likeness (QED) is 0.779. The Bertz CT molecular complexity index is 632. The summed E-state index contributed by atoms with van der Waals surface area (Å²) in [5.41, 5.74) is 0.859. The number of hydrogen-bond acceptors (Lipinski definition) is 3. The smallest absolute Gasteiger partial charge is 0.326 e. The number of carboxylic acid groups (broad SMARTS) is 1. The van der Waals surface area contributed by atoms with Gasteiger partial charge in [0, 0.05) is 25.4 Å². The highest BCUT2D eigenvalue weighted by Gasteiger charge is 2.32. The van der Waals surface area contributed by atoms with Crippen LogP contribution in [0.4, 0.5) is 0 Å². The Morgan fingerprint density at radius 3 is 2.58 bits per heavy atom. The van der Waals surface area contributed by atoms with E-state index in [1.54, 1.807) is 4.90 Å². The molecular formula is C20H28N2O4. The second-order valence-electron chi connectivity index (χ2n) is 7.02. The lowest BCUT2D eigenvalue weighted by molar-refractivity contribution is -0.144. The van der Waals surface area contributed by atoms with Gasteiger partial charge in [0.1, 0.15) is 6.04 Å². The molecule has 6 nitrogen and oxygen atoms in total. The number of carboxylic acids is 1. The lowest BCUT2D eigenvalue weighted by Gasteiger charge is -2.34. The molecule has 0 aliphatic carbocycles. The molecule has 3 atom stereocenters. The summed E-state index contributed by atoms with van der Waals surface area (Å²) < 4.78 is 0. The Kier molecular flexibility index (Phi) is 7.18. The van der Waals surface area contributed by atoms with Crippen molar-refractivity contribution in [1.29, 1.82) is 0 Å². The molecule has 0 saturated carbocycles. The van der Waals surface area contributed by atoms with Crippen molar-refractivity contribution in [1.82, 2.24) is 10.2 Å². The number of nitrogens with one attached hydrogen (secondary N) is 1. The van der Waals surface area contributed by atoms with Crippen molar-refractivity contribution in [2.24, 2.45) is 11.8 Å². The number of likely N-dealkylation sites (tertiary alicyclic amines) is 1. The molecule has 1 aliphatic rings. The summed E-state index contributed by atoms with van der Waals surface area (Å²) in [4.78, 5) is 38.3. The van der Waals surface area contributed by atoms with E-state index in [2.05, 4.69) is 5.32 Å². The average molecular weight is 360 g/mol. The third-order valence-corrected chi connectivity index (χ3v) is 5.04. The Hall–Kier alpha value is -2.37. The first-order chi connectivity index (χ1) is 12.4. The monoisotopic (exact) mass is 360 g/mol. The van der Waals surface area contributed by atoms with Gasteiger partial charge in [-0.15, -0.1) is 0 Å². The molecule has 2 rings (SSSR count). The van der Waals surface area contributed by atoms with E-state index in [0.717, 1.165) is 18.4 Å². The van der Waals surface area contributed by atoms with E-state index in [1.165, 1.54) is 0 Å². The summed E-state index contributed by atoms with van der Waals surface area (Å²) in [7, 11) is 0. The van der Waals surface area contributed by atoms with Crippen LogP contribution < -0.4 is 5.32 Å². The lowest BCUT2D eigenvalue weighted by atomic mass is 9.94. The zero-order chi connectivity index (χ0) is 19.1. The predicted octanol–water partition coefficient (Wildman–Crippen LogP) is 2.08. The molecule has 2 N–H and O–H groups in total. The van der Waals surface area contributed by atoms with Crippen LogP contribution in [0.3, 0.4) is 0 Å². The summed E-state index contributed by atoms with van der Waals surface area (Å²) in [6.45, 7) is 4.90. The molecule has 26 heavy (non-hydrogen) atoms. The molecule has 2 amide bonds. The summed E-state index contributed by atoms with van der Waals surface area (Å²) in [5.74, 6) is -1.67. The fourth-order valence-corrected chi connectivity index (χ4v) is 3.22. The van der Waals surface area contributed by atoms with E-state index in [-0.39, 0.29) is 30.1 Å². The molecule has 1 aliphatic heterocycles. The third kappa shape index (κ3) is 5.31.